The van der Waals surface area contributed by atoms with Crippen LogP contribution in [0.5, 0.6) is 11.5 Å². The Bertz CT molecular complexity index is 699. The van der Waals surface area contributed by atoms with Gasteiger partial charge in [0.2, 0.25) is 0 Å². The van der Waals surface area contributed by atoms with Crippen LogP contribution in [-0.2, 0) is 4.79 Å². The molecule has 0 amide bonds. The Kier molecular flexibility index (Phi) is 10.6. The number of rotatable bonds is 9. The maximum absolute atomic E-state index is 14.3. The van der Waals surface area contributed by atoms with Gasteiger partial charge in [0, 0.05) is 25.2 Å². The van der Waals surface area contributed by atoms with Crippen molar-refractivity contribution >= 4 is 5.97 Å². The molecule has 2 aromatic rings. The third kappa shape index (κ3) is 7.44. The Labute approximate surface area is 195 Å². The van der Waals surface area contributed by atoms with Gasteiger partial charge in [-0.05, 0) is 49.1 Å². The van der Waals surface area contributed by atoms with E-state index in [2.05, 4.69) is 5.32 Å². The van der Waals surface area contributed by atoms with Gasteiger partial charge >= 0.3 is 51.4 Å². The minimum Gasteiger partial charge on any atom is -0.550 e. The number of hydrogen-bond donors (Lipinski definition) is 2. The number of aliphatic carboxylic acids is 1. The zero-order chi connectivity index (χ0) is 18.2. The van der Waals surface area contributed by atoms with Crippen molar-refractivity contribution in [1.29, 1.82) is 0 Å². The van der Waals surface area contributed by atoms with Crippen LogP contribution >= 0.6 is 0 Å². The van der Waals surface area contributed by atoms with E-state index in [9.17, 15) is 19.4 Å². The van der Waals surface area contributed by atoms with E-state index in [0.717, 1.165) is 0 Å². The third-order valence-electron chi connectivity index (χ3n) is 3.85. The van der Waals surface area contributed by atoms with Crippen LogP contribution in [0.4, 0.5) is 4.39 Å². The van der Waals surface area contributed by atoms with Crippen molar-refractivity contribution < 1.29 is 75.5 Å². The van der Waals surface area contributed by atoms with Gasteiger partial charge in [0.25, 0.3) is 0 Å². The maximum Gasteiger partial charge on any atom is 1.00 e. The van der Waals surface area contributed by atoms with Crippen LogP contribution in [0.25, 0.3) is 0 Å². The van der Waals surface area contributed by atoms with Crippen molar-refractivity contribution in [1.82, 2.24) is 5.32 Å². The van der Waals surface area contributed by atoms with E-state index >= 15 is 0 Å². The van der Waals surface area contributed by atoms with Crippen molar-refractivity contribution in [2.24, 2.45) is 5.92 Å². The first-order valence-electron chi connectivity index (χ1n) is 8.06. The summed E-state index contributed by atoms with van der Waals surface area (Å²) < 4.78 is 19.8. The van der Waals surface area contributed by atoms with Crippen molar-refractivity contribution in [2.75, 3.05) is 13.2 Å². The van der Waals surface area contributed by atoms with Gasteiger partial charge in [-0.3, -0.25) is 0 Å². The van der Waals surface area contributed by atoms with Gasteiger partial charge in [-0.25, -0.2) is 4.39 Å². The Hall–Kier alpha value is -0.804. The molecule has 0 saturated carbocycles. The first-order valence-corrected chi connectivity index (χ1v) is 8.06. The Morgan fingerprint density at radius 1 is 1.27 bits per heavy atom. The number of aliphatic hydroxyl groups is 1. The zero-order valence-corrected chi connectivity index (χ0v) is 18.1. The molecular weight excluding hydrogens is 364 g/mol. The number of carboxylic acids is 1. The number of para-hydroxylation sites is 1. The summed E-state index contributed by atoms with van der Waals surface area (Å²) in [4.78, 5) is 10.6. The minimum absolute atomic E-state index is 0. The fraction of sp³-hybridized carbons (Fsp3) is 0.316. The van der Waals surface area contributed by atoms with Crippen LogP contribution in [-0.4, -0.2) is 24.2 Å². The summed E-state index contributed by atoms with van der Waals surface area (Å²) >= 11 is 0. The molecule has 7 heteroatoms. The van der Waals surface area contributed by atoms with Crippen LogP contribution in [0, 0.1) is 11.7 Å². The maximum atomic E-state index is 14.3. The monoisotopic (exact) mass is 385 g/mol. The molecule has 5 nitrogen and oxygen atoms in total. The first-order chi connectivity index (χ1) is 12.0. The van der Waals surface area contributed by atoms with Gasteiger partial charge in [-0.2, -0.15) is 0 Å². The predicted molar refractivity (Wildman–Crippen MR) is 89.5 cm³/mol. The van der Waals surface area contributed by atoms with Crippen LogP contribution in [0.3, 0.4) is 0 Å². The number of carbonyl (C=O) groups is 1. The Balaban J connectivity index is 0.00000338. The van der Waals surface area contributed by atoms with Gasteiger partial charge in [-0.1, -0.05) is 24.3 Å². The molecule has 0 aliphatic carbocycles. The molecule has 2 N–H and O–H groups in total. The van der Waals surface area contributed by atoms with Crippen molar-refractivity contribution in [3.63, 3.8) is 0 Å². The topological polar surface area (TPSA) is 81.6 Å². The van der Waals surface area contributed by atoms with Crippen LogP contribution < -0.4 is 66.5 Å². The largest absolute Gasteiger partial charge is 1.00 e. The normalized spacial score (nSPS) is 12.7. The molecule has 0 fully saturated rings. The molecule has 0 aliphatic rings. The summed E-state index contributed by atoms with van der Waals surface area (Å²) in [6, 6.07) is 13.4. The molecule has 0 heterocycles. The molecule has 2 rings (SSSR count). The average Bonchev–Trinajstić information content (AvgIpc) is 2.60. The number of aliphatic hydroxyl groups excluding tert-OH is 1. The minimum atomic E-state index is -1.21. The molecule has 0 aromatic heterocycles. The van der Waals surface area contributed by atoms with Gasteiger partial charge < -0.3 is 25.1 Å². The molecule has 2 aromatic carbocycles. The number of ether oxygens (including phenoxy) is 1. The zero-order valence-electron chi connectivity index (χ0n) is 14.9. The second kappa shape index (κ2) is 11.8. The fourth-order valence-electron chi connectivity index (χ4n) is 2.38. The van der Waals surface area contributed by atoms with E-state index in [1.807, 2.05) is 13.0 Å². The van der Waals surface area contributed by atoms with E-state index in [0.29, 0.717) is 11.3 Å². The van der Waals surface area contributed by atoms with Crippen LogP contribution in [0.1, 0.15) is 24.9 Å². The first kappa shape index (κ1) is 23.2. The summed E-state index contributed by atoms with van der Waals surface area (Å²) in [5.41, 5.74) is 0.697. The molecule has 2 unspecified atom stereocenters. The number of nitrogens with one attached hydrogen (secondary N) is 1. The van der Waals surface area contributed by atoms with Crippen LogP contribution in [0.15, 0.2) is 48.5 Å². The molecular formula is C19H21FKNO4. The molecule has 0 radical (unpaired) electrons. The SMILES string of the molecule is CC(NCC(CO)CC(=O)[O-])c1ccc(Oc2ccccc2)c(F)c1.[K+]. The quantitative estimate of drug-likeness (QED) is 0.543. The summed E-state index contributed by atoms with van der Waals surface area (Å²) in [7, 11) is 0. The van der Waals surface area contributed by atoms with Gasteiger partial charge in [0.15, 0.2) is 11.6 Å². The Morgan fingerprint density at radius 2 is 1.96 bits per heavy atom. The average molecular weight is 385 g/mol. The molecule has 2 atom stereocenters. The number of carboxylic acid groups (broad SMARTS) is 1. The van der Waals surface area contributed by atoms with E-state index < -0.39 is 17.7 Å². The van der Waals surface area contributed by atoms with Crippen molar-refractivity contribution in [2.45, 2.75) is 19.4 Å². The van der Waals surface area contributed by atoms with E-state index in [1.165, 1.54) is 6.07 Å². The van der Waals surface area contributed by atoms with Crippen molar-refractivity contribution in [3.05, 3.63) is 59.9 Å². The summed E-state index contributed by atoms with van der Waals surface area (Å²) in [6.45, 7) is 1.86. The summed E-state index contributed by atoms with van der Waals surface area (Å²) in [6.07, 6.45) is -0.228. The number of carbonyl (C=O) groups excluding carboxylic acids is 1. The molecule has 0 spiro atoms. The van der Waals surface area contributed by atoms with E-state index in [1.54, 1.807) is 36.4 Å². The Morgan fingerprint density at radius 3 is 2.54 bits per heavy atom. The molecule has 0 bridgehead atoms. The van der Waals surface area contributed by atoms with Crippen molar-refractivity contribution in [3.8, 4) is 11.5 Å². The van der Waals surface area contributed by atoms with Gasteiger partial charge in [0.1, 0.15) is 5.75 Å². The summed E-state index contributed by atoms with van der Waals surface area (Å²) in [5, 5.41) is 22.9. The second-order valence-electron chi connectivity index (χ2n) is 5.86. The molecule has 0 aliphatic heterocycles. The summed E-state index contributed by atoms with van der Waals surface area (Å²) in [5.74, 6) is -1.45. The van der Waals surface area contributed by atoms with E-state index in [-0.39, 0.29) is 82.7 Å². The number of hydrogen-bond acceptors (Lipinski definition) is 5. The predicted octanol–water partition coefficient (Wildman–Crippen LogP) is -0.979. The second-order valence-corrected chi connectivity index (χ2v) is 5.86. The van der Waals surface area contributed by atoms with Gasteiger partial charge in [-0.15, -0.1) is 0 Å². The molecule has 134 valence electrons. The number of halogens is 1. The fourth-order valence-corrected chi connectivity index (χ4v) is 2.38. The number of benzene rings is 2. The van der Waals surface area contributed by atoms with Gasteiger partial charge in [0.05, 0.1) is 0 Å². The standard InChI is InChI=1S/C19H22FNO4.K/c1-13(21-11-14(12-22)9-19(23)24)15-7-8-18(17(20)10-15)25-16-5-3-2-4-6-16;/h2-8,10,13-14,21-22H,9,11-12H2,1H3,(H,23,24);/q;+1/p-1. The molecule has 26 heavy (non-hydrogen) atoms. The third-order valence-corrected chi connectivity index (χ3v) is 3.85. The smallest absolute Gasteiger partial charge is 0.550 e. The molecule has 0 saturated heterocycles. The van der Waals surface area contributed by atoms with Crippen LogP contribution in [0.2, 0.25) is 0 Å². The van der Waals surface area contributed by atoms with E-state index in [4.69, 9.17) is 4.74 Å².